The first-order valence-electron chi connectivity index (χ1n) is 8.10. The molecule has 4 rings (SSSR count). The number of hydrogen-bond donors (Lipinski definition) is 0. The maximum Gasteiger partial charge on any atom is 0.415 e. The van der Waals surface area contributed by atoms with Crippen molar-refractivity contribution in [3.8, 4) is 10.8 Å². The van der Waals surface area contributed by atoms with Crippen LogP contribution in [0.15, 0.2) is 0 Å². The zero-order chi connectivity index (χ0) is 17.7. The monoisotopic (exact) mass is 362 g/mol. The number of cyclic esters (lactones) is 1. The third kappa shape index (κ3) is 2.48. The molecule has 2 aromatic rings. The lowest BCUT2D eigenvalue weighted by Gasteiger charge is -2.35. The summed E-state index contributed by atoms with van der Waals surface area (Å²) in [6.07, 6.45) is -0.409. The Bertz CT molecular complexity index is 860. The lowest BCUT2D eigenvalue weighted by molar-refractivity contribution is -0.131. The SMILES string of the molecule is CC(=O)N1CCn2c(-c3nc(C)ns3)nc(N3CCOC3=O)c2[C@H]1C. The van der Waals surface area contributed by atoms with Crippen molar-refractivity contribution in [3.63, 3.8) is 0 Å². The minimum Gasteiger partial charge on any atom is -0.447 e. The van der Waals surface area contributed by atoms with Crippen molar-refractivity contribution in [1.29, 1.82) is 0 Å². The predicted molar refractivity (Wildman–Crippen MR) is 90.4 cm³/mol. The van der Waals surface area contributed by atoms with Gasteiger partial charge in [-0.1, -0.05) is 0 Å². The Hall–Kier alpha value is -2.49. The summed E-state index contributed by atoms with van der Waals surface area (Å²) in [5.74, 6) is 1.92. The first-order chi connectivity index (χ1) is 12.0. The van der Waals surface area contributed by atoms with Crippen LogP contribution in [0, 0.1) is 6.92 Å². The van der Waals surface area contributed by atoms with Crippen molar-refractivity contribution in [2.45, 2.75) is 33.4 Å². The molecule has 0 bridgehead atoms. The molecule has 0 spiro atoms. The summed E-state index contributed by atoms with van der Waals surface area (Å²) in [5, 5.41) is 0.709. The van der Waals surface area contributed by atoms with Crippen LogP contribution in [0.1, 0.15) is 31.4 Å². The van der Waals surface area contributed by atoms with Gasteiger partial charge in [0.25, 0.3) is 0 Å². The number of carbonyl (C=O) groups excluding carboxylic acids is 2. The highest BCUT2D eigenvalue weighted by Gasteiger charge is 2.37. The average Bonchev–Trinajstić information content (AvgIpc) is 3.25. The van der Waals surface area contributed by atoms with Gasteiger partial charge in [0.05, 0.1) is 18.3 Å². The number of imidazole rings is 1. The van der Waals surface area contributed by atoms with Gasteiger partial charge in [0.1, 0.15) is 12.4 Å². The Balaban J connectivity index is 1.88. The molecule has 2 aromatic heterocycles. The Kier molecular flexibility index (Phi) is 3.71. The number of ether oxygens (including phenoxy) is 1. The second kappa shape index (κ2) is 5.80. The molecule has 2 aliphatic rings. The number of fused-ring (bicyclic) bond motifs is 1. The van der Waals surface area contributed by atoms with Gasteiger partial charge in [0.15, 0.2) is 16.6 Å². The molecule has 0 aliphatic carbocycles. The fourth-order valence-corrected chi connectivity index (χ4v) is 4.08. The minimum atomic E-state index is -0.409. The summed E-state index contributed by atoms with van der Waals surface area (Å²) in [6, 6.07) is -0.190. The van der Waals surface area contributed by atoms with E-state index in [4.69, 9.17) is 9.72 Å². The van der Waals surface area contributed by atoms with E-state index in [0.717, 1.165) is 5.69 Å². The molecule has 0 saturated carbocycles. The van der Waals surface area contributed by atoms with Gasteiger partial charge < -0.3 is 14.2 Å². The van der Waals surface area contributed by atoms with Crippen LogP contribution in [-0.2, 0) is 16.1 Å². The number of rotatable bonds is 2. The Morgan fingerprint density at radius 1 is 1.28 bits per heavy atom. The molecular weight excluding hydrogens is 344 g/mol. The molecule has 0 radical (unpaired) electrons. The lowest BCUT2D eigenvalue weighted by Crippen LogP contribution is -2.40. The number of hydrogen-bond acceptors (Lipinski definition) is 7. The zero-order valence-corrected chi connectivity index (χ0v) is 15.0. The quantitative estimate of drug-likeness (QED) is 0.805. The van der Waals surface area contributed by atoms with E-state index in [1.165, 1.54) is 16.4 Å². The molecule has 1 fully saturated rings. The number of aromatic nitrogens is 4. The summed E-state index contributed by atoms with van der Waals surface area (Å²) in [7, 11) is 0. The third-order valence-corrected chi connectivity index (χ3v) is 5.36. The van der Waals surface area contributed by atoms with Crippen molar-refractivity contribution in [3.05, 3.63) is 11.5 Å². The van der Waals surface area contributed by atoms with Crippen LogP contribution in [0.2, 0.25) is 0 Å². The van der Waals surface area contributed by atoms with Gasteiger partial charge in [0, 0.05) is 20.0 Å². The number of nitrogens with zero attached hydrogens (tertiary/aromatic N) is 6. The second-order valence-electron chi connectivity index (χ2n) is 6.10. The predicted octanol–water partition coefficient (Wildman–Crippen LogP) is 1.59. The van der Waals surface area contributed by atoms with Gasteiger partial charge in [-0.25, -0.2) is 14.8 Å². The maximum atomic E-state index is 12.1. The van der Waals surface area contributed by atoms with Gasteiger partial charge in [-0.3, -0.25) is 9.69 Å². The smallest absolute Gasteiger partial charge is 0.415 e. The van der Waals surface area contributed by atoms with Gasteiger partial charge in [0.2, 0.25) is 5.91 Å². The van der Waals surface area contributed by atoms with E-state index in [1.807, 2.05) is 18.4 Å². The van der Waals surface area contributed by atoms with E-state index < -0.39 is 6.09 Å². The lowest BCUT2D eigenvalue weighted by atomic mass is 10.1. The molecule has 9 nitrogen and oxygen atoms in total. The highest BCUT2D eigenvalue weighted by atomic mass is 32.1. The Morgan fingerprint density at radius 2 is 2.08 bits per heavy atom. The highest BCUT2D eigenvalue weighted by molar-refractivity contribution is 7.09. The molecule has 1 atom stereocenters. The molecule has 2 amide bonds. The summed E-state index contributed by atoms with van der Waals surface area (Å²) >= 11 is 1.28. The van der Waals surface area contributed by atoms with Crippen LogP contribution in [0.5, 0.6) is 0 Å². The van der Waals surface area contributed by atoms with Gasteiger partial charge >= 0.3 is 6.09 Å². The second-order valence-corrected chi connectivity index (χ2v) is 6.85. The van der Waals surface area contributed by atoms with Crippen molar-refractivity contribution in [2.75, 3.05) is 24.6 Å². The topological polar surface area (TPSA) is 93.5 Å². The minimum absolute atomic E-state index is 0.00297. The molecule has 1 saturated heterocycles. The maximum absolute atomic E-state index is 12.1. The van der Waals surface area contributed by atoms with Gasteiger partial charge in [-0.05, 0) is 25.4 Å². The van der Waals surface area contributed by atoms with E-state index in [2.05, 4.69) is 9.36 Å². The molecule has 0 aromatic carbocycles. The van der Waals surface area contributed by atoms with Crippen molar-refractivity contribution in [2.24, 2.45) is 0 Å². The summed E-state index contributed by atoms with van der Waals surface area (Å²) in [5.41, 5.74) is 0.836. The number of carbonyl (C=O) groups is 2. The van der Waals surface area contributed by atoms with Crippen LogP contribution in [0.3, 0.4) is 0 Å². The summed E-state index contributed by atoms with van der Waals surface area (Å²) in [6.45, 7) is 7.32. The average molecular weight is 362 g/mol. The van der Waals surface area contributed by atoms with E-state index in [-0.39, 0.29) is 11.9 Å². The fraction of sp³-hybridized carbons (Fsp3) is 0.533. The molecule has 132 valence electrons. The van der Waals surface area contributed by atoms with Crippen molar-refractivity contribution in [1.82, 2.24) is 23.8 Å². The number of aryl methyl sites for hydroxylation is 1. The standard InChI is InChI=1S/C15H18N6O3S/c1-8-11-12(21-6-7-24-15(21)23)17-13(14-16-9(2)18-25-14)20(11)5-4-19(8)10(3)22/h8H,4-7H2,1-3H3/t8-/m1/s1. The van der Waals surface area contributed by atoms with Crippen LogP contribution < -0.4 is 4.90 Å². The first kappa shape index (κ1) is 16.0. The van der Waals surface area contributed by atoms with Crippen molar-refractivity contribution >= 4 is 29.4 Å². The van der Waals surface area contributed by atoms with Crippen molar-refractivity contribution < 1.29 is 14.3 Å². The molecule has 2 aliphatic heterocycles. The molecular formula is C15H18N6O3S. The first-order valence-corrected chi connectivity index (χ1v) is 8.87. The normalized spacial score (nSPS) is 20.0. The van der Waals surface area contributed by atoms with Gasteiger partial charge in [-0.15, -0.1) is 0 Å². The number of amides is 2. The zero-order valence-electron chi connectivity index (χ0n) is 14.2. The van der Waals surface area contributed by atoms with E-state index in [0.29, 0.717) is 48.7 Å². The number of anilines is 1. The van der Waals surface area contributed by atoms with E-state index in [9.17, 15) is 9.59 Å². The van der Waals surface area contributed by atoms with Crippen LogP contribution in [0.25, 0.3) is 10.8 Å². The summed E-state index contributed by atoms with van der Waals surface area (Å²) in [4.78, 5) is 36.5. The highest BCUT2D eigenvalue weighted by Crippen LogP contribution is 2.38. The molecule has 10 heteroatoms. The largest absolute Gasteiger partial charge is 0.447 e. The molecule has 25 heavy (non-hydrogen) atoms. The fourth-order valence-electron chi connectivity index (χ4n) is 3.41. The van der Waals surface area contributed by atoms with Crippen LogP contribution >= 0.6 is 11.5 Å². The molecule has 4 heterocycles. The molecule has 0 unspecified atom stereocenters. The Labute approximate surface area is 148 Å². The van der Waals surface area contributed by atoms with Crippen LogP contribution in [-0.4, -0.2) is 55.5 Å². The molecule has 0 N–H and O–H groups in total. The summed E-state index contributed by atoms with van der Waals surface area (Å²) < 4.78 is 11.4. The van der Waals surface area contributed by atoms with E-state index in [1.54, 1.807) is 11.8 Å². The van der Waals surface area contributed by atoms with Crippen LogP contribution in [0.4, 0.5) is 10.6 Å². The van der Waals surface area contributed by atoms with Gasteiger partial charge in [-0.2, -0.15) is 4.37 Å². The third-order valence-electron chi connectivity index (χ3n) is 4.55. The Morgan fingerprint density at radius 3 is 2.68 bits per heavy atom. The van der Waals surface area contributed by atoms with E-state index >= 15 is 0 Å².